The summed E-state index contributed by atoms with van der Waals surface area (Å²) in [6.07, 6.45) is 6.57. The number of carbonyl (C=O) groups is 3. The number of amides is 3. The van der Waals surface area contributed by atoms with Gasteiger partial charge < -0.3 is 5.32 Å². The molecule has 1 N–H and O–H groups in total. The predicted octanol–water partition coefficient (Wildman–Crippen LogP) is 3.65. The first-order chi connectivity index (χ1) is 13.5. The highest BCUT2D eigenvalue weighted by Gasteiger charge is 2.40. The molecule has 0 radical (unpaired) electrons. The van der Waals surface area contributed by atoms with E-state index in [0.29, 0.717) is 22.5 Å². The molecule has 28 heavy (non-hydrogen) atoms. The molecule has 7 heteroatoms. The van der Waals surface area contributed by atoms with Crippen LogP contribution in [0.5, 0.6) is 0 Å². The number of rotatable bonds is 4. The second kappa shape index (κ2) is 7.22. The number of anilines is 1. The number of fused-ring (bicyclic) bond motifs is 1. The van der Waals surface area contributed by atoms with Gasteiger partial charge in [-0.3, -0.25) is 19.3 Å². The summed E-state index contributed by atoms with van der Waals surface area (Å²) in [6.45, 7) is 3.95. The van der Waals surface area contributed by atoms with E-state index < -0.39 is 0 Å². The van der Waals surface area contributed by atoms with Crippen molar-refractivity contribution in [3.63, 3.8) is 0 Å². The highest BCUT2D eigenvalue weighted by Crippen LogP contribution is 2.31. The summed E-state index contributed by atoms with van der Waals surface area (Å²) in [7, 11) is 0. The van der Waals surface area contributed by atoms with E-state index in [1.165, 1.54) is 11.0 Å². The van der Waals surface area contributed by atoms with Crippen molar-refractivity contribution in [1.29, 1.82) is 0 Å². The lowest BCUT2D eigenvalue weighted by Gasteiger charge is -2.29. The second-order valence-corrected chi connectivity index (χ2v) is 7.74. The van der Waals surface area contributed by atoms with Crippen LogP contribution in [0.4, 0.5) is 5.82 Å². The number of aromatic nitrogens is 2. The van der Waals surface area contributed by atoms with Gasteiger partial charge in [-0.25, -0.2) is 4.68 Å². The monoisotopic (exact) mass is 380 g/mol. The maximum Gasteiger partial charge on any atom is 0.261 e. The maximum absolute atomic E-state index is 12.9. The Morgan fingerprint density at radius 3 is 2.50 bits per heavy atom. The van der Waals surface area contributed by atoms with Gasteiger partial charge in [0.2, 0.25) is 0 Å². The fraction of sp³-hybridized carbons (Fsp3) is 0.429. The Hall–Kier alpha value is -2.96. The Morgan fingerprint density at radius 1 is 1.07 bits per heavy atom. The topological polar surface area (TPSA) is 84.3 Å². The average molecular weight is 380 g/mol. The van der Waals surface area contributed by atoms with Gasteiger partial charge in [-0.1, -0.05) is 19.3 Å². The minimum atomic E-state index is -0.332. The van der Waals surface area contributed by atoms with Gasteiger partial charge in [0.25, 0.3) is 17.7 Å². The molecular weight excluding hydrogens is 356 g/mol. The van der Waals surface area contributed by atoms with Gasteiger partial charge in [0.15, 0.2) is 0 Å². The lowest BCUT2D eigenvalue weighted by Crippen LogP contribution is -2.40. The van der Waals surface area contributed by atoms with E-state index >= 15 is 0 Å². The van der Waals surface area contributed by atoms with Crippen LogP contribution in [0.15, 0.2) is 30.5 Å². The molecule has 3 amide bonds. The summed E-state index contributed by atoms with van der Waals surface area (Å²) >= 11 is 0. The molecule has 2 heterocycles. The molecule has 0 bridgehead atoms. The first kappa shape index (κ1) is 18.4. The van der Waals surface area contributed by atoms with Crippen molar-refractivity contribution in [2.75, 3.05) is 5.32 Å². The molecule has 0 atom stereocenters. The predicted molar refractivity (Wildman–Crippen MR) is 104 cm³/mol. The molecule has 2 aromatic rings. The Balaban J connectivity index is 1.57. The summed E-state index contributed by atoms with van der Waals surface area (Å²) in [5.41, 5.74) is 1.06. The largest absolute Gasteiger partial charge is 0.307 e. The van der Waals surface area contributed by atoms with Crippen LogP contribution in [0, 0.1) is 0 Å². The number of hydrogen-bond acceptors (Lipinski definition) is 4. The van der Waals surface area contributed by atoms with Crippen LogP contribution >= 0.6 is 0 Å². The SMILES string of the molecule is CC(C)n1nccc1NC(=O)c1ccc2c(c1)C(=O)N(C1CCCCC1)C2=O. The Morgan fingerprint density at radius 2 is 1.79 bits per heavy atom. The number of benzene rings is 1. The molecule has 0 saturated heterocycles. The van der Waals surface area contributed by atoms with Crippen LogP contribution in [-0.2, 0) is 0 Å². The van der Waals surface area contributed by atoms with Gasteiger partial charge in [0.1, 0.15) is 5.82 Å². The van der Waals surface area contributed by atoms with Crippen molar-refractivity contribution < 1.29 is 14.4 Å². The first-order valence-corrected chi connectivity index (χ1v) is 9.84. The van der Waals surface area contributed by atoms with E-state index in [9.17, 15) is 14.4 Å². The van der Waals surface area contributed by atoms with Crippen molar-refractivity contribution >= 4 is 23.5 Å². The van der Waals surface area contributed by atoms with Crippen molar-refractivity contribution in [3.05, 3.63) is 47.2 Å². The van der Waals surface area contributed by atoms with Gasteiger partial charge >= 0.3 is 0 Å². The Bertz CT molecular complexity index is 941. The van der Waals surface area contributed by atoms with Gasteiger partial charge in [-0.15, -0.1) is 0 Å². The number of nitrogens with zero attached hydrogens (tertiary/aromatic N) is 3. The fourth-order valence-corrected chi connectivity index (χ4v) is 4.08. The van der Waals surface area contributed by atoms with E-state index in [4.69, 9.17) is 0 Å². The summed E-state index contributed by atoms with van der Waals surface area (Å²) in [5.74, 6) is -0.265. The third kappa shape index (κ3) is 3.10. The molecule has 1 aromatic carbocycles. The fourth-order valence-electron chi connectivity index (χ4n) is 4.08. The molecule has 4 rings (SSSR count). The lowest BCUT2D eigenvalue weighted by atomic mass is 9.94. The second-order valence-electron chi connectivity index (χ2n) is 7.74. The molecule has 1 aliphatic carbocycles. The van der Waals surface area contributed by atoms with E-state index in [-0.39, 0.29) is 29.8 Å². The van der Waals surface area contributed by atoms with Crippen LogP contribution in [0.1, 0.15) is 83.1 Å². The molecular formula is C21H24N4O3. The van der Waals surface area contributed by atoms with Crippen LogP contribution in [-0.4, -0.2) is 38.4 Å². The molecule has 7 nitrogen and oxygen atoms in total. The summed E-state index contributed by atoms with van der Waals surface area (Å²) in [6, 6.07) is 6.52. The quantitative estimate of drug-likeness (QED) is 0.821. The molecule has 0 spiro atoms. The standard InChI is InChI=1S/C21H24N4O3/c1-13(2)25-18(10-11-22-25)23-19(26)14-8-9-16-17(12-14)21(28)24(20(16)27)15-6-4-3-5-7-15/h8-13,15H,3-7H2,1-2H3,(H,23,26). The molecule has 2 aliphatic rings. The van der Waals surface area contributed by atoms with Gasteiger partial charge in [-0.05, 0) is 44.9 Å². The maximum atomic E-state index is 12.9. The summed E-state index contributed by atoms with van der Waals surface area (Å²) in [4.78, 5) is 39.8. The lowest BCUT2D eigenvalue weighted by molar-refractivity contribution is 0.0549. The number of hydrogen-bond donors (Lipinski definition) is 1. The minimum absolute atomic E-state index is 0.0289. The zero-order chi connectivity index (χ0) is 19.8. The van der Waals surface area contributed by atoms with Gasteiger partial charge in [-0.2, -0.15) is 5.10 Å². The van der Waals surface area contributed by atoms with Gasteiger partial charge in [0, 0.05) is 23.7 Å². The average Bonchev–Trinajstić information content (AvgIpc) is 3.25. The zero-order valence-corrected chi connectivity index (χ0v) is 16.1. The van der Waals surface area contributed by atoms with Crippen molar-refractivity contribution in [2.45, 2.75) is 58.0 Å². The van der Waals surface area contributed by atoms with E-state index in [2.05, 4.69) is 10.4 Å². The molecule has 1 fully saturated rings. The van der Waals surface area contributed by atoms with Crippen LogP contribution in [0.25, 0.3) is 0 Å². The van der Waals surface area contributed by atoms with Crippen molar-refractivity contribution in [2.24, 2.45) is 0 Å². The number of imide groups is 1. The third-order valence-electron chi connectivity index (χ3n) is 5.52. The summed E-state index contributed by atoms with van der Waals surface area (Å²) < 4.78 is 1.71. The zero-order valence-electron chi connectivity index (χ0n) is 16.1. The van der Waals surface area contributed by atoms with Crippen molar-refractivity contribution in [1.82, 2.24) is 14.7 Å². The van der Waals surface area contributed by atoms with Crippen LogP contribution < -0.4 is 5.32 Å². The molecule has 1 aromatic heterocycles. The van der Waals surface area contributed by atoms with Gasteiger partial charge in [0.05, 0.1) is 17.3 Å². The Kier molecular flexibility index (Phi) is 4.75. The minimum Gasteiger partial charge on any atom is -0.307 e. The van der Waals surface area contributed by atoms with Crippen LogP contribution in [0.2, 0.25) is 0 Å². The highest BCUT2D eigenvalue weighted by atomic mass is 16.2. The molecule has 0 unspecified atom stereocenters. The summed E-state index contributed by atoms with van der Waals surface area (Å²) in [5, 5.41) is 7.03. The highest BCUT2D eigenvalue weighted by molar-refractivity contribution is 6.22. The van der Waals surface area contributed by atoms with E-state index in [1.54, 1.807) is 29.1 Å². The smallest absolute Gasteiger partial charge is 0.261 e. The number of carbonyl (C=O) groups excluding carboxylic acids is 3. The third-order valence-corrected chi connectivity index (χ3v) is 5.52. The van der Waals surface area contributed by atoms with E-state index in [0.717, 1.165) is 32.1 Å². The van der Waals surface area contributed by atoms with E-state index in [1.807, 2.05) is 13.8 Å². The number of nitrogens with one attached hydrogen (secondary N) is 1. The first-order valence-electron chi connectivity index (χ1n) is 9.84. The van der Waals surface area contributed by atoms with Crippen LogP contribution in [0.3, 0.4) is 0 Å². The molecule has 1 aliphatic heterocycles. The Labute approximate surface area is 163 Å². The molecule has 1 saturated carbocycles. The molecule has 146 valence electrons. The normalized spacial score (nSPS) is 17.3. The van der Waals surface area contributed by atoms with Crippen molar-refractivity contribution in [3.8, 4) is 0 Å².